The van der Waals surface area contributed by atoms with Gasteiger partial charge in [0.25, 0.3) is 5.91 Å². The number of carbonyl (C=O) groups is 1. The van der Waals surface area contributed by atoms with Gasteiger partial charge in [-0.2, -0.15) is 31.4 Å². The molecule has 1 amide bonds. The maximum atomic E-state index is 14.3. The number of aryl methyl sites for hydroxylation is 1. The van der Waals surface area contributed by atoms with Crippen molar-refractivity contribution in [3.8, 4) is 5.82 Å². The predicted octanol–water partition coefficient (Wildman–Crippen LogP) is 6.41. The van der Waals surface area contributed by atoms with Gasteiger partial charge in [0.1, 0.15) is 10.3 Å². The number of rotatable bonds is 4. The van der Waals surface area contributed by atoms with Crippen molar-refractivity contribution in [1.29, 1.82) is 0 Å². The van der Waals surface area contributed by atoms with E-state index in [0.717, 1.165) is 17.7 Å². The minimum Gasteiger partial charge on any atom is -0.332 e. The Morgan fingerprint density at radius 1 is 1.08 bits per heavy atom. The number of anilines is 1. The fourth-order valence-corrected chi connectivity index (χ4v) is 3.82. The molecular formula is C20H12BrClF7N5OS. The Labute approximate surface area is 217 Å². The van der Waals surface area contributed by atoms with E-state index in [2.05, 4.69) is 36.6 Å². The standard InChI is InChI=1S/C20H12BrClF7N5OS/c1-9-7-10(18(23,19(24,25)26)20(27,28)29)4-5-12(9)31-17(36)32-16(35)13-8-14(21)33-34(13)15-11(22)3-2-6-30-15/h2-8H,1H3,(H2,31,32,35,36). The quantitative estimate of drug-likeness (QED) is 0.261. The zero-order valence-corrected chi connectivity index (χ0v) is 20.8. The summed E-state index contributed by atoms with van der Waals surface area (Å²) < 4.78 is 93.8. The number of pyridine rings is 1. The van der Waals surface area contributed by atoms with E-state index in [9.17, 15) is 35.5 Å². The first kappa shape index (κ1) is 27.8. The number of carbonyl (C=O) groups excluding carboxylic acids is 1. The van der Waals surface area contributed by atoms with Crippen LogP contribution in [0.25, 0.3) is 5.82 Å². The van der Waals surface area contributed by atoms with E-state index in [1.54, 1.807) is 6.07 Å². The summed E-state index contributed by atoms with van der Waals surface area (Å²) in [6.45, 7) is 1.14. The molecule has 0 aliphatic rings. The van der Waals surface area contributed by atoms with Crippen LogP contribution in [-0.2, 0) is 5.67 Å². The molecule has 192 valence electrons. The van der Waals surface area contributed by atoms with Gasteiger partial charge in [0.05, 0.1) is 5.02 Å². The minimum atomic E-state index is -6.25. The van der Waals surface area contributed by atoms with Crippen LogP contribution < -0.4 is 10.6 Å². The average molecular weight is 619 g/mol. The van der Waals surface area contributed by atoms with Crippen LogP contribution in [-0.4, -0.2) is 38.1 Å². The molecule has 1 aromatic carbocycles. The van der Waals surface area contributed by atoms with Gasteiger partial charge in [-0.15, -0.1) is 0 Å². The lowest BCUT2D eigenvalue weighted by Crippen LogP contribution is -2.50. The third-order valence-electron chi connectivity index (χ3n) is 4.73. The summed E-state index contributed by atoms with van der Waals surface area (Å²) >= 11 is 14.3. The number of halogens is 9. The van der Waals surface area contributed by atoms with Crippen LogP contribution in [0.5, 0.6) is 0 Å². The predicted molar refractivity (Wildman–Crippen MR) is 124 cm³/mol. The molecule has 0 saturated carbocycles. The van der Waals surface area contributed by atoms with E-state index in [-0.39, 0.29) is 37.5 Å². The highest BCUT2D eigenvalue weighted by Crippen LogP contribution is 2.53. The van der Waals surface area contributed by atoms with E-state index in [4.69, 9.17) is 23.8 Å². The van der Waals surface area contributed by atoms with Gasteiger partial charge >= 0.3 is 18.0 Å². The number of benzene rings is 1. The second kappa shape index (κ2) is 9.94. The van der Waals surface area contributed by atoms with Crippen molar-refractivity contribution in [2.75, 3.05) is 5.32 Å². The first-order valence-electron chi connectivity index (χ1n) is 9.48. The van der Waals surface area contributed by atoms with E-state index in [1.807, 2.05) is 0 Å². The molecule has 0 aliphatic carbocycles. The smallest absolute Gasteiger partial charge is 0.332 e. The maximum absolute atomic E-state index is 14.3. The molecule has 2 N–H and O–H groups in total. The molecule has 0 saturated heterocycles. The fourth-order valence-electron chi connectivity index (χ4n) is 3.04. The normalized spacial score (nSPS) is 12.4. The fraction of sp³-hybridized carbons (Fsp3) is 0.200. The van der Waals surface area contributed by atoms with Crippen LogP contribution in [0.3, 0.4) is 0 Å². The summed E-state index contributed by atoms with van der Waals surface area (Å²) in [5, 5.41) is 8.69. The number of alkyl halides is 7. The van der Waals surface area contributed by atoms with Crippen molar-refractivity contribution in [2.24, 2.45) is 0 Å². The number of amides is 1. The van der Waals surface area contributed by atoms with Gasteiger partial charge in [-0.05, 0) is 58.8 Å². The minimum absolute atomic E-state index is 0.0590. The zero-order chi connectivity index (χ0) is 27.1. The van der Waals surface area contributed by atoms with E-state index in [0.29, 0.717) is 12.1 Å². The molecule has 0 bridgehead atoms. The Kier molecular flexibility index (Phi) is 7.67. The summed E-state index contributed by atoms with van der Waals surface area (Å²) in [6, 6.07) is 5.91. The lowest BCUT2D eigenvalue weighted by atomic mass is 9.92. The molecular weight excluding hydrogens is 607 g/mol. The molecule has 0 aliphatic heterocycles. The van der Waals surface area contributed by atoms with Gasteiger partial charge in [0.2, 0.25) is 0 Å². The zero-order valence-electron chi connectivity index (χ0n) is 17.6. The molecule has 0 radical (unpaired) electrons. The third kappa shape index (κ3) is 5.32. The Balaban J connectivity index is 1.82. The van der Waals surface area contributed by atoms with Gasteiger partial charge in [-0.3, -0.25) is 10.1 Å². The van der Waals surface area contributed by atoms with Crippen LogP contribution in [0, 0.1) is 6.92 Å². The first-order valence-corrected chi connectivity index (χ1v) is 11.1. The Bertz CT molecular complexity index is 1310. The van der Waals surface area contributed by atoms with Crippen molar-refractivity contribution < 1.29 is 35.5 Å². The Hall–Kier alpha value is -2.78. The highest BCUT2D eigenvalue weighted by Gasteiger charge is 2.73. The third-order valence-corrected chi connectivity index (χ3v) is 5.62. The van der Waals surface area contributed by atoms with Crippen LogP contribution in [0.15, 0.2) is 47.2 Å². The molecule has 3 rings (SSSR count). The summed E-state index contributed by atoms with van der Waals surface area (Å²) in [5.74, 6) is -0.664. The van der Waals surface area contributed by atoms with Gasteiger partial charge in [0, 0.05) is 23.5 Å². The number of nitrogens with one attached hydrogen (secondary N) is 2. The highest BCUT2D eigenvalue weighted by molar-refractivity contribution is 9.10. The van der Waals surface area contributed by atoms with Crippen molar-refractivity contribution in [3.05, 3.63) is 69.0 Å². The number of aromatic nitrogens is 3. The van der Waals surface area contributed by atoms with Gasteiger partial charge in [-0.25, -0.2) is 14.1 Å². The topological polar surface area (TPSA) is 71.8 Å². The first-order chi connectivity index (χ1) is 16.6. The number of thiocarbonyl (C=S) groups is 1. The summed E-state index contributed by atoms with van der Waals surface area (Å²) in [6.07, 6.45) is -11.1. The summed E-state index contributed by atoms with van der Waals surface area (Å²) in [5.41, 5.74) is -7.56. The molecule has 2 heterocycles. The SMILES string of the molecule is Cc1cc(C(F)(C(F)(F)F)C(F)(F)F)ccc1NC(=S)NC(=O)c1cc(Br)nn1-c1ncccc1Cl. The lowest BCUT2D eigenvalue weighted by molar-refractivity contribution is -0.348. The van der Waals surface area contributed by atoms with Crippen molar-refractivity contribution in [2.45, 2.75) is 24.9 Å². The Morgan fingerprint density at radius 3 is 2.28 bits per heavy atom. The van der Waals surface area contributed by atoms with Gasteiger partial charge in [0.15, 0.2) is 10.9 Å². The van der Waals surface area contributed by atoms with Crippen molar-refractivity contribution in [3.63, 3.8) is 0 Å². The lowest BCUT2D eigenvalue weighted by Gasteiger charge is -2.30. The van der Waals surface area contributed by atoms with E-state index < -0.39 is 29.5 Å². The maximum Gasteiger partial charge on any atom is 0.435 e. The molecule has 0 fully saturated rings. The van der Waals surface area contributed by atoms with E-state index >= 15 is 0 Å². The van der Waals surface area contributed by atoms with Crippen molar-refractivity contribution >= 4 is 56.5 Å². The summed E-state index contributed by atoms with van der Waals surface area (Å²) in [7, 11) is 0. The molecule has 36 heavy (non-hydrogen) atoms. The average Bonchev–Trinajstić information content (AvgIpc) is 3.14. The molecule has 6 nitrogen and oxygen atoms in total. The van der Waals surface area contributed by atoms with Gasteiger partial charge < -0.3 is 5.32 Å². The molecule has 0 spiro atoms. The van der Waals surface area contributed by atoms with Gasteiger partial charge in [-0.1, -0.05) is 23.7 Å². The largest absolute Gasteiger partial charge is 0.435 e. The number of hydrogen-bond donors (Lipinski definition) is 2. The second-order valence-corrected chi connectivity index (χ2v) is 8.79. The molecule has 2 aromatic heterocycles. The van der Waals surface area contributed by atoms with Crippen LogP contribution >= 0.6 is 39.7 Å². The van der Waals surface area contributed by atoms with E-state index in [1.165, 1.54) is 18.3 Å². The monoisotopic (exact) mass is 617 g/mol. The summed E-state index contributed by atoms with van der Waals surface area (Å²) in [4.78, 5) is 16.8. The van der Waals surface area contributed by atoms with Crippen LogP contribution in [0.4, 0.5) is 36.4 Å². The number of nitrogens with zero attached hydrogens (tertiary/aromatic N) is 3. The number of hydrogen-bond acceptors (Lipinski definition) is 4. The molecule has 16 heteroatoms. The molecule has 0 unspecified atom stereocenters. The molecule has 3 aromatic rings. The van der Waals surface area contributed by atoms with Crippen LogP contribution in [0.2, 0.25) is 5.02 Å². The van der Waals surface area contributed by atoms with Crippen molar-refractivity contribution in [1.82, 2.24) is 20.1 Å². The Morgan fingerprint density at radius 2 is 1.72 bits per heavy atom. The van der Waals surface area contributed by atoms with Crippen LogP contribution in [0.1, 0.15) is 21.6 Å². The second-order valence-electron chi connectivity index (χ2n) is 7.16. The molecule has 0 atom stereocenters. The highest BCUT2D eigenvalue weighted by atomic mass is 79.9.